The van der Waals surface area contributed by atoms with Gasteiger partial charge in [0.2, 0.25) is 0 Å². The second-order valence-corrected chi connectivity index (χ2v) is 18.0. The summed E-state index contributed by atoms with van der Waals surface area (Å²) in [5.74, 6) is 7.15. The Morgan fingerprint density at radius 3 is 2.36 bits per heavy atom. The first-order valence-corrected chi connectivity index (χ1v) is 20.5. The monoisotopic (exact) mass is 714 g/mol. The van der Waals surface area contributed by atoms with Crippen LogP contribution in [-0.4, -0.2) is 11.9 Å². The third-order valence-electron chi connectivity index (χ3n) is 14.3. The van der Waals surface area contributed by atoms with Crippen LogP contribution in [0.1, 0.15) is 121 Å². The van der Waals surface area contributed by atoms with Gasteiger partial charge >= 0.3 is 0 Å². The molecule has 0 aromatic heterocycles. The number of allylic oxidation sites excluding steroid dienone is 2. The van der Waals surface area contributed by atoms with E-state index in [1.807, 2.05) is 54.6 Å². The molecular weight excluding hydrogens is 653 g/mol. The third kappa shape index (κ3) is 7.82. The summed E-state index contributed by atoms with van der Waals surface area (Å²) >= 11 is 0. The standard InChI is InChI=1S/C48H62N2O3/c1-31(2)7-6-8-32(3)41-21-22-42-40-20-14-35-29-39(25-27-47(35,4)43(40)26-28-48(41,42)5)52-37-18-12-34(13-19-37)45(51)23-11-33-9-16-38(17-10-33)53-46-24-15-36(49)30-44(46)50/h9-19,23-24,30-32,39-43H,6-8,20-22,25-29,49-50H2,1-5H3/t32-,39?,40?,41-,42?,43?,47+,48-/m1/s1. The SMILES string of the molecule is CC(C)CCC[C@@H](C)[C@H]1CCC2C3CC=C4CC(Oc5ccc(C(=O)C=Cc6ccc(Oc7ccc(N)cc7N)cc6)cc5)CC[C@]4(C)C3CC[C@@]21C. The van der Waals surface area contributed by atoms with Crippen LogP contribution in [0, 0.1) is 46.3 Å². The molecule has 3 saturated carbocycles. The molecule has 4 unspecified atom stereocenters. The van der Waals surface area contributed by atoms with E-state index >= 15 is 0 Å². The van der Waals surface area contributed by atoms with Crippen molar-refractivity contribution in [3.63, 3.8) is 0 Å². The number of nitrogen functional groups attached to an aromatic ring is 2. The van der Waals surface area contributed by atoms with Gasteiger partial charge in [-0.15, -0.1) is 0 Å². The highest BCUT2D eigenvalue weighted by Crippen LogP contribution is 2.67. The van der Waals surface area contributed by atoms with Crippen molar-refractivity contribution in [2.24, 2.45) is 46.3 Å². The Morgan fingerprint density at radius 2 is 1.62 bits per heavy atom. The van der Waals surface area contributed by atoms with Gasteiger partial charge in [0.1, 0.15) is 23.4 Å². The van der Waals surface area contributed by atoms with Crippen molar-refractivity contribution in [1.29, 1.82) is 0 Å². The summed E-state index contributed by atoms with van der Waals surface area (Å²) < 4.78 is 12.5. The van der Waals surface area contributed by atoms with Crippen molar-refractivity contribution >= 4 is 23.2 Å². The first-order chi connectivity index (χ1) is 25.4. The number of carbonyl (C=O) groups is 1. The number of anilines is 2. The fourth-order valence-corrected chi connectivity index (χ4v) is 11.3. The van der Waals surface area contributed by atoms with Gasteiger partial charge in [0.05, 0.1) is 5.69 Å². The number of hydrogen-bond acceptors (Lipinski definition) is 5. The molecular formula is C48H62N2O3. The molecule has 5 nitrogen and oxygen atoms in total. The smallest absolute Gasteiger partial charge is 0.185 e. The fourth-order valence-electron chi connectivity index (χ4n) is 11.3. The van der Waals surface area contributed by atoms with E-state index in [4.69, 9.17) is 20.9 Å². The second-order valence-electron chi connectivity index (χ2n) is 18.0. The Hall–Kier alpha value is -3.99. The first-order valence-electron chi connectivity index (χ1n) is 20.5. The van der Waals surface area contributed by atoms with Crippen molar-refractivity contribution in [2.45, 2.75) is 111 Å². The number of carbonyl (C=O) groups excluding carboxylic acids is 1. The van der Waals surface area contributed by atoms with Crippen LogP contribution < -0.4 is 20.9 Å². The quantitative estimate of drug-likeness (QED) is 0.0844. The zero-order valence-corrected chi connectivity index (χ0v) is 32.8. The van der Waals surface area contributed by atoms with Gasteiger partial charge in [0.25, 0.3) is 0 Å². The highest BCUT2D eigenvalue weighted by Gasteiger charge is 2.59. The topological polar surface area (TPSA) is 87.6 Å². The number of ether oxygens (including phenoxy) is 2. The maximum Gasteiger partial charge on any atom is 0.185 e. The largest absolute Gasteiger partial charge is 0.490 e. The molecule has 3 fully saturated rings. The molecule has 3 aromatic carbocycles. The molecule has 7 rings (SSSR count). The van der Waals surface area contributed by atoms with E-state index in [2.05, 4.69) is 40.7 Å². The minimum absolute atomic E-state index is 0.0420. The lowest BCUT2D eigenvalue weighted by atomic mass is 9.47. The van der Waals surface area contributed by atoms with Crippen LogP contribution in [0.3, 0.4) is 0 Å². The summed E-state index contributed by atoms with van der Waals surface area (Å²) in [6, 6.07) is 20.4. The van der Waals surface area contributed by atoms with Crippen LogP contribution in [0.5, 0.6) is 17.2 Å². The molecule has 0 bridgehead atoms. The maximum atomic E-state index is 13.0. The molecule has 8 atom stereocenters. The molecule has 53 heavy (non-hydrogen) atoms. The molecule has 0 aliphatic heterocycles. The van der Waals surface area contributed by atoms with Crippen molar-refractivity contribution in [1.82, 2.24) is 0 Å². The minimum atomic E-state index is -0.0420. The Balaban J connectivity index is 0.922. The molecule has 0 heterocycles. The summed E-state index contributed by atoms with van der Waals surface area (Å²) in [4.78, 5) is 13.0. The lowest BCUT2D eigenvalue weighted by molar-refractivity contribution is -0.0559. The lowest BCUT2D eigenvalue weighted by Crippen LogP contribution is -2.51. The average Bonchev–Trinajstić information content (AvgIpc) is 3.50. The number of benzene rings is 3. The zero-order chi connectivity index (χ0) is 37.3. The number of fused-ring (bicyclic) bond motifs is 5. The molecule has 5 heteroatoms. The second kappa shape index (κ2) is 15.4. The van der Waals surface area contributed by atoms with Gasteiger partial charge in [0.15, 0.2) is 5.78 Å². The van der Waals surface area contributed by atoms with E-state index in [1.54, 1.807) is 29.8 Å². The summed E-state index contributed by atoms with van der Waals surface area (Å²) in [5.41, 5.74) is 16.9. The Kier molecular flexibility index (Phi) is 10.8. The molecule has 4 aliphatic rings. The summed E-state index contributed by atoms with van der Waals surface area (Å²) in [6.45, 7) is 12.6. The van der Waals surface area contributed by atoms with Gasteiger partial charge in [0, 0.05) is 17.7 Å². The lowest BCUT2D eigenvalue weighted by Gasteiger charge is -2.58. The van der Waals surface area contributed by atoms with Gasteiger partial charge in [-0.3, -0.25) is 4.79 Å². The van der Waals surface area contributed by atoms with Crippen LogP contribution in [0.4, 0.5) is 11.4 Å². The molecule has 0 amide bonds. The molecule has 282 valence electrons. The molecule has 0 spiro atoms. The van der Waals surface area contributed by atoms with E-state index in [-0.39, 0.29) is 11.9 Å². The number of hydrogen-bond donors (Lipinski definition) is 2. The molecule has 4 N–H and O–H groups in total. The van der Waals surface area contributed by atoms with E-state index < -0.39 is 0 Å². The highest BCUT2D eigenvalue weighted by atomic mass is 16.5. The van der Waals surface area contributed by atoms with Crippen molar-refractivity contribution < 1.29 is 14.3 Å². The van der Waals surface area contributed by atoms with Gasteiger partial charge in [-0.25, -0.2) is 0 Å². The van der Waals surface area contributed by atoms with Crippen LogP contribution in [0.15, 0.2) is 84.5 Å². The summed E-state index contributed by atoms with van der Waals surface area (Å²) in [5, 5.41) is 0. The van der Waals surface area contributed by atoms with Crippen LogP contribution in [-0.2, 0) is 0 Å². The van der Waals surface area contributed by atoms with Crippen molar-refractivity contribution in [3.05, 3.63) is 95.6 Å². The molecule has 3 aromatic rings. The average molecular weight is 715 g/mol. The number of ketones is 1. The zero-order valence-electron chi connectivity index (χ0n) is 32.8. The van der Waals surface area contributed by atoms with E-state index in [1.165, 1.54) is 57.8 Å². The van der Waals surface area contributed by atoms with Gasteiger partial charge in [-0.1, -0.05) is 83.7 Å². The van der Waals surface area contributed by atoms with Crippen molar-refractivity contribution in [3.8, 4) is 17.2 Å². The van der Waals surface area contributed by atoms with Gasteiger partial charge < -0.3 is 20.9 Å². The van der Waals surface area contributed by atoms with Crippen LogP contribution >= 0.6 is 0 Å². The number of nitrogens with two attached hydrogens (primary N) is 2. The predicted octanol–water partition coefficient (Wildman–Crippen LogP) is 12.3. The third-order valence-corrected chi connectivity index (χ3v) is 14.3. The van der Waals surface area contributed by atoms with Gasteiger partial charge in [-0.2, -0.15) is 0 Å². The molecule has 0 saturated heterocycles. The number of rotatable bonds is 12. The maximum absolute atomic E-state index is 13.0. The highest BCUT2D eigenvalue weighted by molar-refractivity contribution is 6.06. The Labute approximate surface area is 318 Å². The van der Waals surface area contributed by atoms with Crippen LogP contribution in [0.25, 0.3) is 6.08 Å². The predicted molar refractivity (Wildman–Crippen MR) is 219 cm³/mol. The fraction of sp³-hybridized carbons (Fsp3) is 0.521. The normalized spacial score (nSPS) is 29.9. The molecule has 0 radical (unpaired) electrons. The Morgan fingerprint density at radius 1 is 0.868 bits per heavy atom. The van der Waals surface area contributed by atoms with Crippen molar-refractivity contribution in [2.75, 3.05) is 11.5 Å². The first kappa shape index (κ1) is 37.3. The van der Waals surface area contributed by atoms with E-state index in [0.29, 0.717) is 39.3 Å². The van der Waals surface area contributed by atoms with Crippen LogP contribution in [0.2, 0.25) is 0 Å². The Bertz CT molecular complexity index is 1810. The van der Waals surface area contributed by atoms with E-state index in [0.717, 1.165) is 59.7 Å². The summed E-state index contributed by atoms with van der Waals surface area (Å²) in [6.07, 6.45) is 20.8. The van der Waals surface area contributed by atoms with E-state index in [9.17, 15) is 4.79 Å². The minimum Gasteiger partial charge on any atom is -0.490 e. The van der Waals surface area contributed by atoms with Gasteiger partial charge in [-0.05, 0) is 158 Å². The summed E-state index contributed by atoms with van der Waals surface area (Å²) in [7, 11) is 0. The molecule has 4 aliphatic carbocycles.